The molecular weight excluding hydrogens is 447 g/mol. The Bertz CT molecular complexity index is 1120. The SMILES string of the molecule is Cn1c(C(C)(C)C)c/c(=N\C(=O)c2cc(C(F)(F)F)ccc2OC[C@@H]2CCCO2)n1CC1CC1. The highest BCUT2D eigenvalue weighted by atomic mass is 19.4. The van der Waals surface area contributed by atoms with Crippen LogP contribution in [0.15, 0.2) is 29.3 Å². The lowest BCUT2D eigenvalue weighted by atomic mass is 9.92. The van der Waals surface area contributed by atoms with Crippen molar-refractivity contribution in [3.05, 3.63) is 46.6 Å². The monoisotopic (exact) mass is 479 g/mol. The minimum atomic E-state index is -4.58. The lowest BCUT2D eigenvalue weighted by Gasteiger charge is -2.20. The number of ether oxygens (including phenoxy) is 2. The summed E-state index contributed by atoms with van der Waals surface area (Å²) in [5, 5.41) is 0. The molecule has 186 valence electrons. The predicted octanol–water partition coefficient (Wildman–Crippen LogP) is 4.85. The van der Waals surface area contributed by atoms with E-state index in [1.165, 1.54) is 6.07 Å². The smallest absolute Gasteiger partial charge is 0.416 e. The van der Waals surface area contributed by atoms with Crippen LogP contribution in [-0.2, 0) is 29.9 Å². The molecule has 2 aliphatic rings. The Morgan fingerprint density at radius 1 is 1.18 bits per heavy atom. The van der Waals surface area contributed by atoms with E-state index in [-0.39, 0.29) is 29.4 Å². The molecule has 0 spiro atoms. The number of alkyl halides is 3. The standard InChI is InChI=1S/C25H32F3N3O3/c1-24(2,3)21-13-22(31(30(21)4)14-16-7-8-16)29-23(32)19-12-17(25(26,27)28)9-10-20(19)34-15-18-6-5-11-33-18/h9-10,12-13,16,18H,5-8,11,14-15H2,1-4H3/b29-22+/t18-/m0/s1. The summed E-state index contributed by atoms with van der Waals surface area (Å²) in [5.74, 6) is -0.156. The van der Waals surface area contributed by atoms with Gasteiger partial charge >= 0.3 is 6.18 Å². The minimum absolute atomic E-state index is 0.0815. The van der Waals surface area contributed by atoms with E-state index >= 15 is 0 Å². The van der Waals surface area contributed by atoms with Crippen molar-refractivity contribution in [2.45, 2.75) is 70.7 Å². The molecule has 4 rings (SSSR count). The molecule has 0 N–H and O–H groups in total. The Balaban J connectivity index is 1.73. The van der Waals surface area contributed by atoms with Crippen LogP contribution >= 0.6 is 0 Å². The fourth-order valence-corrected chi connectivity index (χ4v) is 4.25. The Labute approximate surface area is 197 Å². The number of amides is 1. The number of hydrogen-bond donors (Lipinski definition) is 0. The average Bonchev–Trinajstić information content (AvgIpc) is 3.31. The van der Waals surface area contributed by atoms with E-state index in [2.05, 4.69) is 25.8 Å². The van der Waals surface area contributed by atoms with E-state index in [1.54, 1.807) is 0 Å². The molecule has 1 aliphatic carbocycles. The van der Waals surface area contributed by atoms with Crippen molar-refractivity contribution in [1.29, 1.82) is 0 Å². The molecule has 1 aliphatic heterocycles. The topological polar surface area (TPSA) is 57.8 Å². The minimum Gasteiger partial charge on any atom is -0.490 e. The van der Waals surface area contributed by atoms with Crippen LogP contribution in [0.25, 0.3) is 0 Å². The van der Waals surface area contributed by atoms with Crippen LogP contribution in [0.5, 0.6) is 5.75 Å². The van der Waals surface area contributed by atoms with Crippen molar-refractivity contribution in [1.82, 2.24) is 9.36 Å². The number of rotatable bonds is 6. The summed E-state index contributed by atoms with van der Waals surface area (Å²) in [6.07, 6.45) is -0.759. The van der Waals surface area contributed by atoms with Crippen LogP contribution in [0.2, 0.25) is 0 Å². The first-order valence-corrected chi connectivity index (χ1v) is 11.8. The molecule has 1 saturated carbocycles. The summed E-state index contributed by atoms with van der Waals surface area (Å²) in [6, 6.07) is 4.80. The van der Waals surface area contributed by atoms with Gasteiger partial charge in [-0.15, -0.1) is 0 Å². The summed E-state index contributed by atoms with van der Waals surface area (Å²) in [4.78, 5) is 17.6. The highest BCUT2D eigenvalue weighted by Crippen LogP contribution is 2.34. The molecule has 2 heterocycles. The molecule has 1 amide bonds. The van der Waals surface area contributed by atoms with Gasteiger partial charge in [0.2, 0.25) is 0 Å². The van der Waals surface area contributed by atoms with E-state index in [1.807, 2.05) is 22.5 Å². The van der Waals surface area contributed by atoms with Crippen molar-refractivity contribution >= 4 is 5.91 Å². The highest BCUT2D eigenvalue weighted by Gasteiger charge is 2.32. The van der Waals surface area contributed by atoms with Crippen molar-refractivity contribution in [3.8, 4) is 5.75 Å². The van der Waals surface area contributed by atoms with Gasteiger partial charge < -0.3 is 9.47 Å². The van der Waals surface area contributed by atoms with Gasteiger partial charge in [0.25, 0.3) is 5.91 Å². The molecule has 9 heteroatoms. The van der Waals surface area contributed by atoms with E-state index < -0.39 is 17.6 Å². The van der Waals surface area contributed by atoms with E-state index in [4.69, 9.17) is 9.47 Å². The largest absolute Gasteiger partial charge is 0.490 e. The number of carbonyl (C=O) groups is 1. The number of hydrogen-bond acceptors (Lipinski definition) is 3. The zero-order chi connectivity index (χ0) is 24.7. The van der Waals surface area contributed by atoms with Crippen molar-refractivity contribution in [2.24, 2.45) is 18.0 Å². The Hall–Kier alpha value is -2.55. The Morgan fingerprint density at radius 2 is 1.91 bits per heavy atom. The maximum absolute atomic E-state index is 13.4. The lowest BCUT2D eigenvalue weighted by Crippen LogP contribution is -2.26. The fraction of sp³-hybridized carbons (Fsp3) is 0.600. The molecule has 1 aromatic heterocycles. The van der Waals surface area contributed by atoms with Crippen molar-refractivity contribution in [2.75, 3.05) is 13.2 Å². The van der Waals surface area contributed by atoms with Gasteiger partial charge in [0, 0.05) is 37.4 Å². The fourth-order valence-electron chi connectivity index (χ4n) is 4.25. The van der Waals surface area contributed by atoms with Gasteiger partial charge in [-0.25, -0.2) is 0 Å². The Kier molecular flexibility index (Phi) is 6.68. The molecule has 0 bridgehead atoms. The maximum atomic E-state index is 13.4. The number of carbonyl (C=O) groups excluding carboxylic acids is 1. The average molecular weight is 480 g/mol. The number of benzene rings is 1. The van der Waals surface area contributed by atoms with Crippen LogP contribution in [0.4, 0.5) is 13.2 Å². The molecule has 1 aromatic carbocycles. The molecule has 2 fully saturated rings. The first-order chi connectivity index (χ1) is 15.9. The summed E-state index contributed by atoms with van der Waals surface area (Å²) in [7, 11) is 1.92. The van der Waals surface area contributed by atoms with Crippen molar-refractivity contribution in [3.63, 3.8) is 0 Å². The Morgan fingerprint density at radius 3 is 2.50 bits per heavy atom. The molecular formula is C25H32F3N3O3. The van der Waals surface area contributed by atoms with Gasteiger partial charge in [0.1, 0.15) is 12.4 Å². The molecule has 0 radical (unpaired) electrons. The summed E-state index contributed by atoms with van der Waals surface area (Å²) >= 11 is 0. The normalized spacial score (nSPS) is 19.6. The predicted molar refractivity (Wildman–Crippen MR) is 121 cm³/mol. The third-order valence-electron chi connectivity index (χ3n) is 6.34. The third-order valence-corrected chi connectivity index (χ3v) is 6.34. The van der Waals surface area contributed by atoms with Crippen molar-refractivity contribution < 1.29 is 27.4 Å². The zero-order valence-corrected chi connectivity index (χ0v) is 20.1. The van der Waals surface area contributed by atoms with Crippen LogP contribution in [0.3, 0.4) is 0 Å². The van der Waals surface area contributed by atoms with Gasteiger partial charge in [-0.1, -0.05) is 20.8 Å². The van der Waals surface area contributed by atoms with E-state index in [9.17, 15) is 18.0 Å². The van der Waals surface area contributed by atoms with Gasteiger partial charge in [-0.2, -0.15) is 18.2 Å². The molecule has 34 heavy (non-hydrogen) atoms. The summed E-state index contributed by atoms with van der Waals surface area (Å²) in [5.41, 5.74) is 0.116. The summed E-state index contributed by atoms with van der Waals surface area (Å²) < 4.78 is 55.5. The molecule has 1 atom stereocenters. The first kappa shape index (κ1) is 24.6. The highest BCUT2D eigenvalue weighted by molar-refractivity contribution is 5.97. The molecule has 6 nitrogen and oxygen atoms in total. The molecule has 1 saturated heterocycles. The van der Waals surface area contributed by atoms with Gasteiger partial charge in [0.05, 0.1) is 17.2 Å². The van der Waals surface area contributed by atoms with Crippen LogP contribution in [0.1, 0.15) is 68.1 Å². The van der Waals surface area contributed by atoms with Gasteiger partial charge in [0.15, 0.2) is 5.49 Å². The lowest BCUT2D eigenvalue weighted by molar-refractivity contribution is -0.137. The molecule has 0 unspecified atom stereocenters. The van der Waals surface area contributed by atoms with Gasteiger partial charge in [-0.3, -0.25) is 14.2 Å². The van der Waals surface area contributed by atoms with Gasteiger partial charge in [-0.05, 0) is 49.8 Å². The summed E-state index contributed by atoms with van der Waals surface area (Å²) in [6.45, 7) is 7.72. The molecule has 2 aromatic rings. The third kappa shape index (κ3) is 5.56. The number of aromatic nitrogens is 2. The van der Waals surface area contributed by atoms with E-state index in [0.29, 0.717) is 24.6 Å². The van der Waals surface area contributed by atoms with E-state index in [0.717, 1.165) is 43.5 Å². The maximum Gasteiger partial charge on any atom is 0.416 e. The first-order valence-electron chi connectivity index (χ1n) is 11.8. The van der Waals surface area contributed by atoms with Crippen LogP contribution < -0.4 is 10.2 Å². The van der Waals surface area contributed by atoms with Crippen LogP contribution in [-0.4, -0.2) is 34.6 Å². The second-order valence-electron chi connectivity index (χ2n) is 10.3. The van der Waals surface area contributed by atoms with Crippen LogP contribution in [0, 0.1) is 5.92 Å². The zero-order valence-electron chi connectivity index (χ0n) is 20.1. The second kappa shape index (κ2) is 9.24. The number of nitrogens with zero attached hydrogens (tertiary/aromatic N) is 3. The number of halogens is 3. The second-order valence-corrected chi connectivity index (χ2v) is 10.3. The quantitative estimate of drug-likeness (QED) is 0.595.